The zero-order chi connectivity index (χ0) is 16.7. The Kier molecular flexibility index (Phi) is 6.75. The van der Waals surface area contributed by atoms with Crippen molar-refractivity contribution in [2.45, 2.75) is 39.5 Å². The number of likely N-dealkylation sites (tertiary alicyclic amines) is 1. The number of hydrogen-bond acceptors (Lipinski definition) is 6. The molecule has 2 N–H and O–H groups in total. The van der Waals surface area contributed by atoms with Crippen LogP contribution in [0.3, 0.4) is 0 Å². The van der Waals surface area contributed by atoms with E-state index in [1.807, 2.05) is 6.92 Å². The minimum atomic E-state index is 0.230. The molecule has 0 unspecified atom stereocenters. The molecule has 126 valence electrons. The van der Waals surface area contributed by atoms with E-state index in [9.17, 15) is 5.26 Å². The number of anilines is 1. The van der Waals surface area contributed by atoms with Crippen LogP contribution in [-0.4, -0.2) is 53.0 Å². The van der Waals surface area contributed by atoms with Gasteiger partial charge in [0.15, 0.2) is 5.82 Å². The van der Waals surface area contributed by atoms with Gasteiger partial charge in [-0.3, -0.25) is 0 Å². The summed E-state index contributed by atoms with van der Waals surface area (Å²) in [7, 11) is 0. The second-order valence-electron chi connectivity index (χ2n) is 6.06. The summed E-state index contributed by atoms with van der Waals surface area (Å²) in [4.78, 5) is 2.29. The van der Waals surface area contributed by atoms with Crippen molar-refractivity contribution in [3.8, 4) is 6.07 Å². The molecule has 1 saturated heterocycles. The Hall–Kier alpha value is -1.71. The van der Waals surface area contributed by atoms with Gasteiger partial charge in [-0.1, -0.05) is 13.8 Å². The Balaban J connectivity index is 1.98. The average Bonchev–Trinajstić information content (AvgIpc) is 2.60. The predicted molar refractivity (Wildman–Crippen MR) is 90.2 cm³/mol. The summed E-state index contributed by atoms with van der Waals surface area (Å²) in [6, 6.07) is 2.30. The van der Waals surface area contributed by atoms with Gasteiger partial charge in [0.05, 0.1) is 12.3 Å². The zero-order valence-corrected chi connectivity index (χ0v) is 14.2. The van der Waals surface area contributed by atoms with Gasteiger partial charge in [0.25, 0.3) is 0 Å². The number of rotatable bonds is 7. The first kappa shape index (κ1) is 17.6. The number of hydrogen-bond donors (Lipinski definition) is 2. The number of aliphatic hydroxyl groups is 1. The number of aliphatic hydroxyl groups excluding tert-OH is 1. The third kappa shape index (κ3) is 4.40. The molecule has 1 aromatic rings. The zero-order valence-electron chi connectivity index (χ0n) is 14.2. The lowest BCUT2D eigenvalue weighted by atomic mass is 9.96. The highest BCUT2D eigenvalue weighted by atomic mass is 16.3. The molecule has 1 aliphatic heterocycles. The van der Waals surface area contributed by atoms with Gasteiger partial charge < -0.3 is 15.3 Å². The third-order valence-electron chi connectivity index (χ3n) is 4.64. The highest BCUT2D eigenvalue weighted by Gasteiger charge is 2.20. The van der Waals surface area contributed by atoms with E-state index in [1.165, 1.54) is 0 Å². The molecule has 1 aromatic heterocycles. The van der Waals surface area contributed by atoms with Crippen molar-refractivity contribution in [3.63, 3.8) is 0 Å². The maximum atomic E-state index is 9.49. The molecule has 23 heavy (non-hydrogen) atoms. The topological polar surface area (TPSA) is 85.1 Å². The molecular weight excluding hydrogens is 290 g/mol. The van der Waals surface area contributed by atoms with Crippen LogP contribution in [0.15, 0.2) is 0 Å². The smallest absolute Gasteiger partial charge is 0.166 e. The highest BCUT2D eigenvalue weighted by molar-refractivity contribution is 5.56. The van der Waals surface area contributed by atoms with Crippen molar-refractivity contribution in [1.82, 2.24) is 15.1 Å². The van der Waals surface area contributed by atoms with E-state index in [0.717, 1.165) is 63.1 Å². The van der Waals surface area contributed by atoms with Gasteiger partial charge in [0.2, 0.25) is 0 Å². The lowest BCUT2D eigenvalue weighted by molar-refractivity contribution is 0.151. The second-order valence-corrected chi connectivity index (χ2v) is 6.06. The first-order valence-electron chi connectivity index (χ1n) is 8.59. The minimum Gasteiger partial charge on any atom is -0.395 e. The molecule has 0 amide bonds. The van der Waals surface area contributed by atoms with Crippen molar-refractivity contribution in [1.29, 1.82) is 5.26 Å². The largest absolute Gasteiger partial charge is 0.395 e. The Bertz CT molecular complexity index is 547. The van der Waals surface area contributed by atoms with Gasteiger partial charge in [-0.05, 0) is 50.3 Å². The Morgan fingerprint density at radius 1 is 1.26 bits per heavy atom. The van der Waals surface area contributed by atoms with Gasteiger partial charge >= 0.3 is 0 Å². The number of nitriles is 1. The fraction of sp³-hybridized carbons (Fsp3) is 0.706. The van der Waals surface area contributed by atoms with Crippen molar-refractivity contribution in [2.24, 2.45) is 5.92 Å². The van der Waals surface area contributed by atoms with E-state index in [4.69, 9.17) is 5.11 Å². The number of β-amino-alcohol motifs (C(OH)–C–C–N with tert-alkyl or cyclic N) is 1. The monoisotopic (exact) mass is 317 g/mol. The number of aryl methyl sites for hydroxylation is 1. The van der Waals surface area contributed by atoms with Crippen LogP contribution in [0.5, 0.6) is 0 Å². The molecule has 1 fully saturated rings. The summed E-state index contributed by atoms with van der Waals surface area (Å²) in [6.07, 6.45) is 3.82. The Morgan fingerprint density at radius 3 is 2.57 bits per heavy atom. The van der Waals surface area contributed by atoms with Crippen LogP contribution >= 0.6 is 0 Å². The number of nitrogens with one attached hydrogen (secondary N) is 1. The SMILES string of the molecule is CCc1nnc(NCC2CCN(CCO)CC2)c(C#N)c1CC. The Morgan fingerprint density at radius 2 is 2.00 bits per heavy atom. The fourth-order valence-corrected chi connectivity index (χ4v) is 3.21. The number of piperidine rings is 1. The fourth-order valence-electron chi connectivity index (χ4n) is 3.21. The summed E-state index contributed by atoms with van der Waals surface area (Å²) in [5.74, 6) is 1.20. The predicted octanol–water partition coefficient (Wildman–Crippen LogP) is 1.59. The van der Waals surface area contributed by atoms with E-state index in [1.54, 1.807) is 0 Å². The lowest BCUT2D eigenvalue weighted by Gasteiger charge is -2.31. The lowest BCUT2D eigenvalue weighted by Crippen LogP contribution is -2.37. The summed E-state index contributed by atoms with van der Waals surface area (Å²) < 4.78 is 0. The molecule has 0 aromatic carbocycles. The van der Waals surface area contributed by atoms with Crippen LogP contribution < -0.4 is 5.32 Å². The van der Waals surface area contributed by atoms with Gasteiger partial charge in [-0.25, -0.2) is 0 Å². The van der Waals surface area contributed by atoms with Crippen LogP contribution in [0.25, 0.3) is 0 Å². The van der Waals surface area contributed by atoms with Crippen LogP contribution in [0.1, 0.15) is 43.5 Å². The molecular formula is C17H27N5O. The Labute approximate surface area is 138 Å². The molecule has 0 bridgehead atoms. The molecule has 0 spiro atoms. The van der Waals surface area contributed by atoms with E-state index >= 15 is 0 Å². The third-order valence-corrected chi connectivity index (χ3v) is 4.64. The quantitative estimate of drug-likeness (QED) is 0.794. The number of aromatic nitrogens is 2. The summed E-state index contributed by atoms with van der Waals surface area (Å²) >= 11 is 0. The van der Waals surface area contributed by atoms with Gasteiger partial charge in [0.1, 0.15) is 11.6 Å². The molecule has 2 rings (SSSR count). The van der Waals surface area contributed by atoms with E-state index in [-0.39, 0.29) is 6.61 Å². The molecule has 1 aliphatic rings. The van der Waals surface area contributed by atoms with Crippen LogP contribution in [0.2, 0.25) is 0 Å². The molecule has 0 aliphatic carbocycles. The standard InChI is InChI=1S/C17H27N5O/c1-3-14-15(11-18)17(21-20-16(14)4-2)19-12-13-5-7-22(8-6-13)9-10-23/h13,23H,3-10,12H2,1-2H3,(H,19,21). The van der Waals surface area contributed by atoms with Crippen molar-refractivity contribution < 1.29 is 5.11 Å². The summed E-state index contributed by atoms with van der Waals surface area (Å²) in [5, 5.41) is 30.3. The van der Waals surface area contributed by atoms with Crippen LogP contribution in [0.4, 0.5) is 5.82 Å². The first-order chi connectivity index (χ1) is 11.2. The summed E-state index contributed by atoms with van der Waals surface area (Å²) in [5.41, 5.74) is 2.59. The van der Waals surface area contributed by atoms with E-state index < -0.39 is 0 Å². The average molecular weight is 317 g/mol. The normalized spacial score (nSPS) is 16.3. The number of nitrogens with zero attached hydrogens (tertiary/aromatic N) is 4. The molecule has 0 saturated carbocycles. The van der Waals surface area contributed by atoms with Crippen LogP contribution in [0, 0.1) is 17.2 Å². The van der Waals surface area contributed by atoms with Crippen LogP contribution in [-0.2, 0) is 12.8 Å². The first-order valence-corrected chi connectivity index (χ1v) is 8.59. The maximum absolute atomic E-state index is 9.49. The summed E-state index contributed by atoms with van der Waals surface area (Å²) in [6.45, 7) is 7.97. The van der Waals surface area contributed by atoms with Gasteiger partial charge in [0, 0.05) is 13.1 Å². The van der Waals surface area contributed by atoms with E-state index in [2.05, 4.69) is 33.4 Å². The highest BCUT2D eigenvalue weighted by Crippen LogP contribution is 2.22. The molecule has 6 heteroatoms. The second kappa shape index (κ2) is 8.80. The minimum absolute atomic E-state index is 0.230. The van der Waals surface area contributed by atoms with Crippen molar-refractivity contribution in [2.75, 3.05) is 38.1 Å². The van der Waals surface area contributed by atoms with Gasteiger partial charge in [-0.15, -0.1) is 5.10 Å². The van der Waals surface area contributed by atoms with E-state index in [0.29, 0.717) is 17.3 Å². The molecule has 0 radical (unpaired) electrons. The maximum Gasteiger partial charge on any atom is 0.166 e. The van der Waals surface area contributed by atoms with Crippen molar-refractivity contribution >= 4 is 5.82 Å². The van der Waals surface area contributed by atoms with Gasteiger partial charge in [-0.2, -0.15) is 10.4 Å². The molecule has 0 atom stereocenters. The molecule has 6 nitrogen and oxygen atoms in total. The van der Waals surface area contributed by atoms with Crippen molar-refractivity contribution in [3.05, 3.63) is 16.8 Å². The molecule has 2 heterocycles.